The molecule has 0 atom stereocenters. The Balaban J connectivity index is 1.77. The van der Waals surface area contributed by atoms with Crippen molar-refractivity contribution in [1.82, 2.24) is 4.68 Å². The summed E-state index contributed by atoms with van der Waals surface area (Å²) in [6, 6.07) is 8.23. The highest BCUT2D eigenvalue weighted by molar-refractivity contribution is 7.14. The molecule has 0 unspecified atom stereocenters. The van der Waals surface area contributed by atoms with Gasteiger partial charge in [0.25, 0.3) is 0 Å². The smallest absolute Gasteiger partial charge is 0.206 e. The third kappa shape index (κ3) is 4.85. The van der Waals surface area contributed by atoms with Gasteiger partial charge in [0.15, 0.2) is 11.5 Å². The maximum absolute atomic E-state index is 5.56. The largest absolute Gasteiger partial charge is 0.496 e. The highest BCUT2D eigenvalue weighted by Crippen LogP contribution is 2.34. The summed E-state index contributed by atoms with van der Waals surface area (Å²) in [5, 5.41) is 9.05. The summed E-state index contributed by atoms with van der Waals surface area (Å²) in [7, 11) is 4.87. The molecule has 6 nitrogen and oxygen atoms in total. The molecule has 0 amide bonds. The zero-order chi connectivity index (χ0) is 21.6. The first kappa shape index (κ1) is 21.6. The van der Waals surface area contributed by atoms with Gasteiger partial charge in [-0.05, 0) is 30.4 Å². The van der Waals surface area contributed by atoms with Crippen molar-refractivity contribution in [3.05, 3.63) is 45.4 Å². The van der Waals surface area contributed by atoms with Crippen LogP contribution in [0, 0.1) is 0 Å². The Morgan fingerprint density at radius 1 is 0.968 bits per heavy atom. The summed E-state index contributed by atoms with van der Waals surface area (Å²) in [4.78, 5) is 7.15. The normalized spacial score (nSPS) is 15.5. The third-order valence-electron chi connectivity index (χ3n) is 5.37. The Morgan fingerprint density at radius 3 is 2.39 bits per heavy atom. The summed E-state index contributed by atoms with van der Waals surface area (Å²) in [6.45, 7) is 0. The molecule has 1 aliphatic carbocycles. The third-order valence-corrected chi connectivity index (χ3v) is 7.10. The van der Waals surface area contributed by atoms with Crippen LogP contribution >= 0.6 is 22.7 Å². The van der Waals surface area contributed by atoms with Crippen LogP contribution in [0.3, 0.4) is 0 Å². The minimum Gasteiger partial charge on any atom is -0.496 e. The van der Waals surface area contributed by atoms with Gasteiger partial charge in [0, 0.05) is 17.0 Å². The van der Waals surface area contributed by atoms with E-state index in [2.05, 4.69) is 22.9 Å². The van der Waals surface area contributed by atoms with E-state index in [9.17, 15) is 0 Å². The average molecular weight is 458 g/mol. The molecule has 0 saturated heterocycles. The Bertz CT molecular complexity index is 1090. The van der Waals surface area contributed by atoms with Crippen LogP contribution in [0.4, 0.5) is 0 Å². The molecule has 164 valence electrons. The number of ether oxygens (including phenoxy) is 3. The monoisotopic (exact) mass is 457 g/mol. The first-order valence-corrected chi connectivity index (χ1v) is 12.1. The summed E-state index contributed by atoms with van der Waals surface area (Å²) in [6.07, 6.45) is 7.92. The molecule has 2 aromatic heterocycles. The van der Waals surface area contributed by atoms with E-state index >= 15 is 0 Å². The predicted octanol–water partition coefficient (Wildman–Crippen LogP) is 5.42. The molecule has 0 radical (unpaired) electrons. The van der Waals surface area contributed by atoms with Gasteiger partial charge in [-0.15, -0.1) is 22.7 Å². The quantitative estimate of drug-likeness (QED) is 0.445. The second kappa shape index (κ2) is 10.2. The average Bonchev–Trinajstić information content (AvgIpc) is 3.47. The topological polar surface area (TPSA) is 57.3 Å². The van der Waals surface area contributed by atoms with E-state index < -0.39 is 0 Å². The first-order chi connectivity index (χ1) is 15.2. The zero-order valence-electron chi connectivity index (χ0n) is 18.0. The highest BCUT2D eigenvalue weighted by atomic mass is 32.1. The molecule has 31 heavy (non-hydrogen) atoms. The molecular weight excluding hydrogens is 430 g/mol. The van der Waals surface area contributed by atoms with Gasteiger partial charge < -0.3 is 14.2 Å². The predicted molar refractivity (Wildman–Crippen MR) is 127 cm³/mol. The number of benzene rings is 1. The number of nitrogens with zero attached hydrogens (tertiary/aromatic N) is 3. The van der Waals surface area contributed by atoms with Gasteiger partial charge in [0.1, 0.15) is 5.75 Å². The van der Waals surface area contributed by atoms with Crippen molar-refractivity contribution in [2.45, 2.75) is 38.1 Å². The fraction of sp³-hybridized carbons (Fsp3) is 0.391. The van der Waals surface area contributed by atoms with Crippen molar-refractivity contribution >= 4 is 28.9 Å². The summed E-state index contributed by atoms with van der Waals surface area (Å²) in [5.74, 6) is 1.92. The molecular formula is C23H27N3O3S2. The van der Waals surface area contributed by atoms with E-state index in [1.54, 1.807) is 50.2 Å². The van der Waals surface area contributed by atoms with Crippen LogP contribution in [0.1, 0.15) is 37.7 Å². The molecule has 1 fully saturated rings. The van der Waals surface area contributed by atoms with E-state index in [0.29, 0.717) is 23.3 Å². The summed E-state index contributed by atoms with van der Waals surface area (Å²) in [5.41, 5.74) is 1.85. The lowest BCUT2D eigenvalue weighted by Gasteiger charge is -2.16. The lowest BCUT2D eigenvalue weighted by Crippen LogP contribution is -2.18. The number of thiazole rings is 1. The van der Waals surface area contributed by atoms with Gasteiger partial charge in [-0.25, -0.2) is 4.68 Å². The molecule has 3 aromatic rings. The van der Waals surface area contributed by atoms with Crippen molar-refractivity contribution in [2.75, 3.05) is 21.3 Å². The van der Waals surface area contributed by atoms with Crippen molar-refractivity contribution in [3.8, 4) is 27.8 Å². The van der Waals surface area contributed by atoms with E-state index in [4.69, 9.17) is 24.3 Å². The van der Waals surface area contributed by atoms with Crippen LogP contribution in [0.2, 0.25) is 0 Å². The zero-order valence-corrected chi connectivity index (χ0v) is 19.7. The second-order valence-corrected chi connectivity index (χ2v) is 9.09. The number of thiophene rings is 1. The standard InChI is InChI=1S/C23H27N3O3S2/c1-27-19-13-21(29-3)20(28-2)12-16(19)14-24-26-18(22-10-7-11-30-22)15-31-23(26)25-17-8-5-4-6-9-17/h7,10-15,17H,4-6,8-9H2,1-3H3. The maximum Gasteiger partial charge on any atom is 0.206 e. The highest BCUT2D eigenvalue weighted by Gasteiger charge is 2.15. The van der Waals surface area contributed by atoms with Crippen LogP contribution in [0.15, 0.2) is 45.1 Å². The molecule has 2 heterocycles. The van der Waals surface area contributed by atoms with Crippen molar-refractivity contribution < 1.29 is 14.2 Å². The molecule has 0 aliphatic heterocycles. The van der Waals surface area contributed by atoms with Gasteiger partial charge in [-0.1, -0.05) is 25.3 Å². The SMILES string of the molecule is COc1cc(OC)c(OC)cc1C=Nn1c(-c2cccs2)csc1=NC1CCCCC1. The Hall–Kier alpha value is -2.58. The minimum absolute atomic E-state index is 0.376. The Kier molecular flexibility index (Phi) is 7.09. The van der Waals surface area contributed by atoms with Crippen LogP contribution in [-0.4, -0.2) is 38.3 Å². The molecule has 8 heteroatoms. The van der Waals surface area contributed by atoms with E-state index in [1.807, 2.05) is 16.8 Å². The van der Waals surface area contributed by atoms with Gasteiger partial charge in [-0.2, -0.15) is 5.10 Å². The van der Waals surface area contributed by atoms with Gasteiger partial charge in [-0.3, -0.25) is 4.99 Å². The van der Waals surface area contributed by atoms with Crippen molar-refractivity contribution in [3.63, 3.8) is 0 Å². The van der Waals surface area contributed by atoms with Crippen LogP contribution in [0.25, 0.3) is 10.6 Å². The molecule has 0 N–H and O–H groups in total. The number of hydrogen-bond acceptors (Lipinski definition) is 7. The Labute approximate surface area is 190 Å². The molecule has 1 saturated carbocycles. The van der Waals surface area contributed by atoms with E-state index in [1.165, 1.54) is 19.3 Å². The summed E-state index contributed by atoms with van der Waals surface area (Å²) >= 11 is 3.34. The van der Waals surface area contributed by atoms with Crippen molar-refractivity contribution in [2.24, 2.45) is 10.1 Å². The lowest BCUT2D eigenvalue weighted by molar-refractivity contribution is 0.349. The number of aromatic nitrogens is 1. The van der Waals surface area contributed by atoms with E-state index in [-0.39, 0.29) is 0 Å². The number of hydrogen-bond donors (Lipinski definition) is 0. The van der Waals surface area contributed by atoms with Crippen LogP contribution < -0.4 is 19.0 Å². The fourth-order valence-corrected chi connectivity index (χ4v) is 5.44. The Morgan fingerprint density at radius 2 is 1.71 bits per heavy atom. The van der Waals surface area contributed by atoms with Crippen LogP contribution in [-0.2, 0) is 0 Å². The molecule has 0 spiro atoms. The number of methoxy groups -OCH3 is 3. The molecule has 1 aromatic carbocycles. The minimum atomic E-state index is 0.376. The van der Waals surface area contributed by atoms with Crippen molar-refractivity contribution in [1.29, 1.82) is 0 Å². The fourth-order valence-electron chi connectivity index (χ4n) is 3.73. The first-order valence-electron chi connectivity index (χ1n) is 10.4. The lowest BCUT2D eigenvalue weighted by atomic mass is 9.96. The summed E-state index contributed by atoms with van der Waals surface area (Å²) < 4.78 is 18.3. The molecule has 4 rings (SSSR count). The van der Waals surface area contributed by atoms with Gasteiger partial charge in [0.2, 0.25) is 4.80 Å². The number of rotatable bonds is 7. The van der Waals surface area contributed by atoms with Gasteiger partial charge in [0.05, 0.1) is 44.2 Å². The van der Waals surface area contributed by atoms with Crippen LogP contribution in [0.5, 0.6) is 17.2 Å². The van der Waals surface area contributed by atoms with E-state index in [0.717, 1.165) is 33.8 Å². The van der Waals surface area contributed by atoms with Gasteiger partial charge >= 0.3 is 0 Å². The maximum atomic E-state index is 5.56. The molecule has 1 aliphatic rings. The second-order valence-electron chi connectivity index (χ2n) is 7.31. The molecule has 0 bridgehead atoms.